The summed E-state index contributed by atoms with van der Waals surface area (Å²) < 4.78 is 27.2. The van der Waals surface area contributed by atoms with Gasteiger partial charge in [0.25, 0.3) is 10.0 Å². The maximum Gasteiger partial charge on any atom is 0.335 e. The first-order chi connectivity index (χ1) is 10.3. The van der Waals surface area contributed by atoms with Crippen LogP contribution in [0.25, 0.3) is 0 Å². The summed E-state index contributed by atoms with van der Waals surface area (Å²) in [7, 11) is -3.98. The molecule has 0 aromatic heterocycles. The predicted molar refractivity (Wildman–Crippen MR) is 87.4 cm³/mol. The van der Waals surface area contributed by atoms with Gasteiger partial charge in [-0.3, -0.25) is 4.72 Å². The Bertz CT molecular complexity index is 821. The highest BCUT2D eigenvalue weighted by Crippen LogP contribution is 2.26. The maximum absolute atomic E-state index is 12.4. The monoisotopic (exact) mass is 357 g/mol. The number of halogens is 1. The molecule has 0 atom stereocenters. The van der Waals surface area contributed by atoms with Crippen LogP contribution in [0.1, 0.15) is 10.4 Å². The van der Waals surface area contributed by atoms with Crippen molar-refractivity contribution in [1.82, 2.24) is 0 Å². The molecule has 116 valence electrons. The van der Waals surface area contributed by atoms with Crippen molar-refractivity contribution in [2.24, 2.45) is 0 Å². The van der Waals surface area contributed by atoms with Crippen LogP contribution in [-0.2, 0) is 10.0 Å². The molecule has 0 spiro atoms. The zero-order chi connectivity index (χ0) is 16.3. The molecular formula is C14H12ClNO4S2. The van der Waals surface area contributed by atoms with Gasteiger partial charge in [0.05, 0.1) is 10.6 Å². The number of carboxylic acid groups (broad SMARTS) is 1. The molecule has 2 N–H and O–H groups in total. The van der Waals surface area contributed by atoms with Crippen LogP contribution in [0, 0.1) is 0 Å². The van der Waals surface area contributed by atoms with Gasteiger partial charge in [0, 0.05) is 10.6 Å². The molecule has 0 amide bonds. The second kappa shape index (κ2) is 6.60. The van der Waals surface area contributed by atoms with Crippen LogP contribution in [-0.4, -0.2) is 25.7 Å². The molecule has 0 bridgehead atoms. The number of hydrogen-bond acceptors (Lipinski definition) is 4. The number of aromatic carboxylic acids is 1. The van der Waals surface area contributed by atoms with Gasteiger partial charge in [0.2, 0.25) is 0 Å². The Labute approximate surface area is 137 Å². The Kier molecular flexibility index (Phi) is 5.00. The molecule has 0 aliphatic rings. The SMILES string of the molecule is CSc1cccc(NS(=O)(=O)c2cc(C(=O)O)ccc2Cl)c1. The number of benzene rings is 2. The van der Waals surface area contributed by atoms with E-state index in [1.807, 2.05) is 12.3 Å². The van der Waals surface area contributed by atoms with Crippen molar-refractivity contribution in [3.05, 3.63) is 53.1 Å². The van der Waals surface area contributed by atoms with Crippen molar-refractivity contribution in [3.63, 3.8) is 0 Å². The maximum atomic E-state index is 12.4. The van der Waals surface area contributed by atoms with Crippen molar-refractivity contribution < 1.29 is 18.3 Å². The quantitative estimate of drug-likeness (QED) is 0.799. The number of anilines is 1. The summed E-state index contributed by atoms with van der Waals surface area (Å²) in [5.74, 6) is -1.22. The Hall–Kier alpha value is -1.70. The van der Waals surface area contributed by atoms with Gasteiger partial charge in [-0.15, -0.1) is 11.8 Å². The highest BCUT2D eigenvalue weighted by atomic mass is 35.5. The zero-order valence-corrected chi connectivity index (χ0v) is 13.8. The molecule has 8 heteroatoms. The fourth-order valence-electron chi connectivity index (χ4n) is 1.74. The molecule has 0 saturated heterocycles. The Morgan fingerprint density at radius 3 is 2.59 bits per heavy atom. The average Bonchev–Trinajstić information content (AvgIpc) is 2.47. The van der Waals surface area contributed by atoms with Gasteiger partial charge >= 0.3 is 5.97 Å². The molecule has 0 heterocycles. The molecule has 2 aromatic carbocycles. The molecule has 5 nitrogen and oxygen atoms in total. The predicted octanol–water partition coefficient (Wildman–Crippen LogP) is 3.56. The number of rotatable bonds is 5. The number of hydrogen-bond donors (Lipinski definition) is 2. The molecule has 0 unspecified atom stereocenters. The molecule has 2 aromatic rings. The van der Waals surface area contributed by atoms with Gasteiger partial charge in [-0.25, -0.2) is 13.2 Å². The largest absolute Gasteiger partial charge is 0.478 e. The van der Waals surface area contributed by atoms with Crippen molar-refractivity contribution in [2.75, 3.05) is 11.0 Å². The number of carbonyl (C=O) groups is 1. The van der Waals surface area contributed by atoms with Crippen LogP contribution in [0.2, 0.25) is 5.02 Å². The van der Waals surface area contributed by atoms with E-state index in [2.05, 4.69) is 4.72 Å². The summed E-state index contributed by atoms with van der Waals surface area (Å²) >= 11 is 7.37. The molecule has 22 heavy (non-hydrogen) atoms. The van der Waals surface area contributed by atoms with Gasteiger partial charge < -0.3 is 5.11 Å². The van der Waals surface area contributed by atoms with E-state index >= 15 is 0 Å². The molecule has 0 radical (unpaired) electrons. The van der Waals surface area contributed by atoms with Crippen LogP contribution in [0.5, 0.6) is 0 Å². The molecule has 0 fully saturated rings. The van der Waals surface area contributed by atoms with Gasteiger partial charge in [0.15, 0.2) is 0 Å². The van der Waals surface area contributed by atoms with E-state index in [0.717, 1.165) is 11.0 Å². The number of sulfonamides is 1. The number of carboxylic acids is 1. The summed E-state index contributed by atoms with van der Waals surface area (Å²) in [5, 5.41) is 8.92. The van der Waals surface area contributed by atoms with Gasteiger partial charge in [-0.2, -0.15) is 0 Å². The van der Waals surface area contributed by atoms with E-state index in [1.165, 1.54) is 23.9 Å². The second-order valence-corrected chi connectivity index (χ2v) is 7.23. The van der Waals surface area contributed by atoms with E-state index in [1.54, 1.807) is 18.2 Å². The van der Waals surface area contributed by atoms with Crippen LogP contribution < -0.4 is 4.72 Å². The van der Waals surface area contributed by atoms with E-state index < -0.39 is 16.0 Å². The normalized spacial score (nSPS) is 11.2. The first-order valence-electron chi connectivity index (χ1n) is 6.03. The topological polar surface area (TPSA) is 83.5 Å². The molecule has 0 aliphatic heterocycles. The fourth-order valence-corrected chi connectivity index (χ4v) is 3.77. The molecule has 2 rings (SSSR count). The lowest BCUT2D eigenvalue weighted by molar-refractivity contribution is 0.0696. The summed E-state index contributed by atoms with van der Waals surface area (Å²) in [4.78, 5) is 11.6. The zero-order valence-electron chi connectivity index (χ0n) is 11.4. The third-order valence-electron chi connectivity index (χ3n) is 2.79. The number of nitrogens with one attached hydrogen (secondary N) is 1. The minimum absolute atomic E-state index is 0.0430. The molecule has 0 saturated carbocycles. The Morgan fingerprint density at radius 1 is 1.23 bits per heavy atom. The minimum Gasteiger partial charge on any atom is -0.478 e. The highest BCUT2D eigenvalue weighted by Gasteiger charge is 2.20. The first-order valence-corrected chi connectivity index (χ1v) is 9.12. The van der Waals surface area contributed by atoms with Crippen LogP contribution in [0.15, 0.2) is 52.3 Å². The fraction of sp³-hybridized carbons (Fsp3) is 0.0714. The Balaban J connectivity index is 2.42. The molecule has 0 aliphatic carbocycles. The van der Waals surface area contributed by atoms with Crippen LogP contribution in [0.3, 0.4) is 0 Å². The van der Waals surface area contributed by atoms with Gasteiger partial charge in [0.1, 0.15) is 4.90 Å². The van der Waals surface area contributed by atoms with Crippen LogP contribution >= 0.6 is 23.4 Å². The minimum atomic E-state index is -3.98. The van der Waals surface area contributed by atoms with E-state index in [9.17, 15) is 13.2 Å². The van der Waals surface area contributed by atoms with E-state index in [4.69, 9.17) is 16.7 Å². The highest BCUT2D eigenvalue weighted by molar-refractivity contribution is 7.98. The van der Waals surface area contributed by atoms with E-state index in [0.29, 0.717) is 5.69 Å². The summed E-state index contributed by atoms with van der Waals surface area (Å²) in [5.41, 5.74) is 0.228. The summed E-state index contributed by atoms with van der Waals surface area (Å²) in [6.45, 7) is 0. The van der Waals surface area contributed by atoms with E-state index in [-0.39, 0.29) is 15.5 Å². The van der Waals surface area contributed by atoms with Crippen molar-refractivity contribution in [1.29, 1.82) is 0 Å². The van der Waals surface area contributed by atoms with Crippen molar-refractivity contribution in [3.8, 4) is 0 Å². The first kappa shape index (κ1) is 16.7. The third kappa shape index (κ3) is 3.73. The Morgan fingerprint density at radius 2 is 1.95 bits per heavy atom. The smallest absolute Gasteiger partial charge is 0.335 e. The number of thioether (sulfide) groups is 1. The standard InChI is InChI=1S/C14H12ClNO4S2/c1-21-11-4-2-3-10(8-11)16-22(19,20)13-7-9(14(17)18)5-6-12(13)15/h2-8,16H,1H3,(H,17,18). The average molecular weight is 358 g/mol. The molecular weight excluding hydrogens is 346 g/mol. The lowest BCUT2D eigenvalue weighted by Crippen LogP contribution is -2.14. The van der Waals surface area contributed by atoms with Gasteiger partial charge in [-0.1, -0.05) is 17.7 Å². The van der Waals surface area contributed by atoms with Crippen molar-refractivity contribution >= 4 is 45.0 Å². The lowest BCUT2D eigenvalue weighted by Gasteiger charge is -2.11. The lowest BCUT2D eigenvalue weighted by atomic mass is 10.2. The van der Waals surface area contributed by atoms with Crippen LogP contribution in [0.4, 0.5) is 5.69 Å². The van der Waals surface area contributed by atoms with Crippen molar-refractivity contribution in [2.45, 2.75) is 9.79 Å². The summed E-state index contributed by atoms with van der Waals surface area (Å²) in [6, 6.07) is 10.4. The third-order valence-corrected chi connectivity index (χ3v) is 5.38. The second-order valence-electron chi connectivity index (χ2n) is 4.29. The van der Waals surface area contributed by atoms with Gasteiger partial charge in [-0.05, 0) is 42.7 Å². The summed E-state index contributed by atoms with van der Waals surface area (Å²) in [6.07, 6.45) is 1.88.